The third kappa shape index (κ3) is 3.62. The minimum atomic E-state index is 0.474. The average molecular weight is 347 g/mol. The smallest absolute Gasteiger partial charge is 0.150 e. The molecule has 0 unspecified atom stereocenters. The van der Waals surface area contributed by atoms with Gasteiger partial charge >= 0.3 is 0 Å². The number of hydrogen-bond donors (Lipinski definition) is 0. The fourth-order valence-electron chi connectivity index (χ4n) is 1.11. The van der Waals surface area contributed by atoms with E-state index in [9.17, 15) is 4.79 Å². The van der Waals surface area contributed by atoms with Gasteiger partial charge in [-0.1, -0.05) is 0 Å². The molecule has 0 N–H and O–H groups in total. The van der Waals surface area contributed by atoms with Gasteiger partial charge in [-0.2, -0.15) is 5.26 Å². The van der Waals surface area contributed by atoms with Gasteiger partial charge in [0.1, 0.15) is 12.0 Å². The quantitative estimate of drug-likeness (QED) is 0.603. The van der Waals surface area contributed by atoms with Crippen LogP contribution in [0.25, 0.3) is 0 Å². The van der Waals surface area contributed by atoms with Gasteiger partial charge < -0.3 is 4.74 Å². The molecule has 5 heteroatoms. The fourth-order valence-corrected chi connectivity index (χ4v) is 2.56. The highest BCUT2D eigenvalue weighted by atomic mass is 79.9. The van der Waals surface area contributed by atoms with Crippen molar-refractivity contribution in [2.45, 2.75) is 12.8 Å². The van der Waals surface area contributed by atoms with Crippen LogP contribution in [0, 0.1) is 11.3 Å². The maximum absolute atomic E-state index is 10.6. The van der Waals surface area contributed by atoms with E-state index in [1.54, 1.807) is 12.1 Å². The van der Waals surface area contributed by atoms with Crippen molar-refractivity contribution in [3.63, 3.8) is 0 Å². The highest BCUT2D eigenvalue weighted by Crippen LogP contribution is 2.34. The number of hydrogen-bond acceptors (Lipinski definition) is 3. The number of ether oxygens (including phenoxy) is 1. The summed E-state index contributed by atoms with van der Waals surface area (Å²) >= 11 is 6.66. The van der Waals surface area contributed by atoms with Crippen LogP contribution in [-0.4, -0.2) is 12.9 Å². The average Bonchev–Trinajstić information content (AvgIpc) is 2.26. The highest BCUT2D eigenvalue weighted by molar-refractivity contribution is 9.11. The Morgan fingerprint density at radius 1 is 1.38 bits per heavy atom. The molecule has 0 amide bonds. The van der Waals surface area contributed by atoms with Crippen LogP contribution in [0.2, 0.25) is 0 Å². The van der Waals surface area contributed by atoms with E-state index in [0.29, 0.717) is 30.8 Å². The summed E-state index contributed by atoms with van der Waals surface area (Å²) in [6.45, 7) is 0.477. The van der Waals surface area contributed by atoms with Crippen molar-refractivity contribution >= 4 is 38.1 Å². The van der Waals surface area contributed by atoms with E-state index in [1.807, 2.05) is 0 Å². The SMILES string of the molecule is N#CCCCOc1c(Br)cc(C=O)cc1Br. The minimum Gasteiger partial charge on any atom is -0.491 e. The van der Waals surface area contributed by atoms with E-state index >= 15 is 0 Å². The van der Waals surface area contributed by atoms with Crippen molar-refractivity contribution < 1.29 is 9.53 Å². The predicted octanol–water partition coefficient (Wildman–Crippen LogP) is 3.71. The zero-order chi connectivity index (χ0) is 12.0. The standard InChI is InChI=1S/C11H9Br2NO2/c12-9-5-8(7-15)6-10(13)11(9)16-4-2-1-3-14/h5-7H,1-2,4H2. The first kappa shape index (κ1) is 13.2. The van der Waals surface area contributed by atoms with Crippen molar-refractivity contribution in [3.8, 4) is 11.8 Å². The number of aldehydes is 1. The topological polar surface area (TPSA) is 50.1 Å². The molecular formula is C11H9Br2NO2. The van der Waals surface area contributed by atoms with Gasteiger partial charge in [-0.15, -0.1) is 0 Å². The first-order valence-corrected chi connectivity index (χ1v) is 6.21. The van der Waals surface area contributed by atoms with Crippen LogP contribution in [-0.2, 0) is 0 Å². The molecule has 3 nitrogen and oxygen atoms in total. The van der Waals surface area contributed by atoms with Crippen LogP contribution in [0.5, 0.6) is 5.75 Å². The molecule has 1 rings (SSSR count). The normalized spacial score (nSPS) is 9.56. The van der Waals surface area contributed by atoms with E-state index in [0.717, 1.165) is 15.2 Å². The summed E-state index contributed by atoms with van der Waals surface area (Å²) in [4.78, 5) is 10.6. The van der Waals surface area contributed by atoms with E-state index in [1.165, 1.54) is 0 Å². The third-order valence-corrected chi connectivity index (χ3v) is 3.01. The molecule has 0 saturated carbocycles. The van der Waals surface area contributed by atoms with E-state index in [4.69, 9.17) is 10.00 Å². The zero-order valence-electron chi connectivity index (χ0n) is 8.37. The van der Waals surface area contributed by atoms with Gasteiger partial charge in [0.25, 0.3) is 0 Å². The Hall–Kier alpha value is -0.860. The molecule has 0 aliphatic carbocycles. The summed E-state index contributed by atoms with van der Waals surface area (Å²) in [5, 5.41) is 8.38. The predicted molar refractivity (Wildman–Crippen MR) is 67.6 cm³/mol. The van der Waals surface area contributed by atoms with Crippen molar-refractivity contribution in [3.05, 3.63) is 26.6 Å². The van der Waals surface area contributed by atoms with Gasteiger partial charge in [-0.3, -0.25) is 4.79 Å². The van der Waals surface area contributed by atoms with Gasteiger partial charge in [-0.25, -0.2) is 0 Å². The summed E-state index contributed by atoms with van der Waals surface area (Å²) in [5.41, 5.74) is 0.572. The summed E-state index contributed by atoms with van der Waals surface area (Å²) in [5.74, 6) is 0.656. The molecule has 1 aromatic carbocycles. The van der Waals surface area contributed by atoms with Gasteiger partial charge in [0.05, 0.1) is 21.6 Å². The Balaban J connectivity index is 2.73. The van der Waals surface area contributed by atoms with Crippen LogP contribution in [0.3, 0.4) is 0 Å². The number of carbonyl (C=O) groups is 1. The summed E-state index contributed by atoms with van der Waals surface area (Å²) in [6.07, 6.45) is 1.93. The molecular weight excluding hydrogens is 338 g/mol. The van der Waals surface area contributed by atoms with Gasteiger partial charge in [0.15, 0.2) is 0 Å². The second-order valence-corrected chi connectivity index (χ2v) is 4.75. The van der Waals surface area contributed by atoms with Crippen LogP contribution in [0.15, 0.2) is 21.1 Å². The van der Waals surface area contributed by atoms with Gasteiger partial charge in [0, 0.05) is 12.0 Å². The number of halogens is 2. The molecule has 0 atom stereocenters. The first-order valence-electron chi connectivity index (χ1n) is 4.63. The number of unbranched alkanes of at least 4 members (excludes halogenated alkanes) is 1. The third-order valence-electron chi connectivity index (χ3n) is 1.84. The second kappa shape index (κ2) is 6.66. The molecule has 1 aromatic rings. The molecule has 0 spiro atoms. The summed E-state index contributed by atoms with van der Waals surface area (Å²) in [7, 11) is 0. The van der Waals surface area contributed by atoms with Crippen LogP contribution >= 0.6 is 31.9 Å². The molecule has 0 saturated heterocycles. The lowest BCUT2D eigenvalue weighted by molar-refractivity contribution is 0.112. The van der Waals surface area contributed by atoms with Crippen LogP contribution < -0.4 is 4.74 Å². The number of nitrogens with zero attached hydrogens (tertiary/aromatic N) is 1. The zero-order valence-corrected chi connectivity index (χ0v) is 11.5. The largest absolute Gasteiger partial charge is 0.491 e. The number of benzene rings is 1. The summed E-state index contributed by atoms with van der Waals surface area (Å²) in [6, 6.07) is 5.44. The number of nitriles is 1. The Kier molecular flexibility index (Phi) is 5.50. The van der Waals surface area contributed by atoms with E-state index < -0.39 is 0 Å². The monoisotopic (exact) mass is 345 g/mol. The maximum atomic E-state index is 10.6. The van der Waals surface area contributed by atoms with Gasteiger partial charge in [-0.05, 0) is 50.4 Å². The molecule has 0 fully saturated rings. The lowest BCUT2D eigenvalue weighted by atomic mass is 10.2. The lowest BCUT2D eigenvalue weighted by Gasteiger charge is -2.09. The highest BCUT2D eigenvalue weighted by Gasteiger charge is 2.08. The Labute approximate surface area is 111 Å². The molecule has 0 aliphatic heterocycles. The van der Waals surface area contributed by atoms with Gasteiger partial charge in [0.2, 0.25) is 0 Å². The summed E-state index contributed by atoms with van der Waals surface area (Å²) < 4.78 is 6.95. The molecule has 84 valence electrons. The fraction of sp³-hybridized carbons (Fsp3) is 0.273. The molecule has 0 aliphatic rings. The molecule has 16 heavy (non-hydrogen) atoms. The Bertz CT molecular complexity index is 403. The minimum absolute atomic E-state index is 0.474. The van der Waals surface area contributed by atoms with Crippen molar-refractivity contribution in [1.29, 1.82) is 5.26 Å². The van der Waals surface area contributed by atoms with Crippen molar-refractivity contribution in [2.24, 2.45) is 0 Å². The Morgan fingerprint density at radius 3 is 2.50 bits per heavy atom. The molecule has 0 radical (unpaired) electrons. The van der Waals surface area contributed by atoms with E-state index in [2.05, 4.69) is 37.9 Å². The molecule has 0 heterocycles. The van der Waals surface area contributed by atoms with Crippen molar-refractivity contribution in [2.75, 3.05) is 6.61 Å². The van der Waals surface area contributed by atoms with Crippen LogP contribution in [0.4, 0.5) is 0 Å². The van der Waals surface area contributed by atoms with Crippen LogP contribution in [0.1, 0.15) is 23.2 Å². The first-order chi connectivity index (χ1) is 7.69. The molecule has 0 aromatic heterocycles. The maximum Gasteiger partial charge on any atom is 0.150 e. The number of rotatable bonds is 5. The van der Waals surface area contributed by atoms with E-state index in [-0.39, 0.29) is 0 Å². The number of carbonyl (C=O) groups excluding carboxylic acids is 1. The second-order valence-electron chi connectivity index (χ2n) is 3.04. The Morgan fingerprint density at radius 2 is 2.00 bits per heavy atom. The van der Waals surface area contributed by atoms with Crippen molar-refractivity contribution in [1.82, 2.24) is 0 Å². The molecule has 0 bridgehead atoms. The lowest BCUT2D eigenvalue weighted by Crippen LogP contribution is -1.99.